The second kappa shape index (κ2) is 5.48. The van der Waals surface area contributed by atoms with E-state index in [0.29, 0.717) is 5.88 Å². The molecule has 0 unspecified atom stereocenters. The number of aromatic nitrogens is 1. The zero-order valence-electron chi connectivity index (χ0n) is 12.3. The molecule has 0 amide bonds. The summed E-state index contributed by atoms with van der Waals surface area (Å²) in [7, 11) is 3.28. The van der Waals surface area contributed by atoms with Crippen molar-refractivity contribution in [2.45, 2.75) is 13.3 Å². The Labute approximate surface area is 124 Å². The zero-order valence-corrected chi connectivity index (χ0v) is 12.3. The maximum absolute atomic E-state index is 5.83. The van der Waals surface area contributed by atoms with E-state index in [1.807, 2.05) is 31.2 Å². The number of rotatable bonds is 3. The minimum atomic E-state index is 0.688. The fourth-order valence-corrected chi connectivity index (χ4v) is 2.48. The minimum Gasteiger partial charge on any atom is -0.498 e. The predicted molar refractivity (Wildman–Crippen MR) is 80.2 cm³/mol. The first-order chi connectivity index (χ1) is 10.2. The average Bonchev–Trinajstić information content (AvgIpc) is 2.53. The molecule has 1 aromatic heterocycles. The van der Waals surface area contributed by atoms with Crippen molar-refractivity contribution in [1.29, 1.82) is 0 Å². The first kappa shape index (κ1) is 13.5. The molecule has 0 spiro atoms. The SMILES string of the molecule is CO/C(C)=C(\OC)c1ccc2c(c1)Cc1cccnc1O2. The van der Waals surface area contributed by atoms with Gasteiger partial charge < -0.3 is 14.2 Å². The summed E-state index contributed by atoms with van der Waals surface area (Å²) in [4.78, 5) is 4.26. The van der Waals surface area contributed by atoms with Crippen LogP contribution in [0.3, 0.4) is 0 Å². The summed E-state index contributed by atoms with van der Waals surface area (Å²) in [5, 5.41) is 0. The Hall–Kier alpha value is -2.49. The van der Waals surface area contributed by atoms with Crippen LogP contribution in [0.4, 0.5) is 0 Å². The van der Waals surface area contributed by atoms with Gasteiger partial charge in [0.25, 0.3) is 0 Å². The van der Waals surface area contributed by atoms with E-state index in [2.05, 4.69) is 11.1 Å². The summed E-state index contributed by atoms with van der Waals surface area (Å²) in [5.74, 6) is 3.01. The summed E-state index contributed by atoms with van der Waals surface area (Å²) >= 11 is 0. The van der Waals surface area contributed by atoms with Gasteiger partial charge in [-0.05, 0) is 31.2 Å². The fourth-order valence-electron chi connectivity index (χ4n) is 2.48. The molecule has 0 bridgehead atoms. The first-order valence-corrected chi connectivity index (χ1v) is 6.77. The molecule has 2 heterocycles. The highest BCUT2D eigenvalue weighted by Gasteiger charge is 2.19. The topological polar surface area (TPSA) is 40.6 Å². The maximum Gasteiger partial charge on any atom is 0.222 e. The summed E-state index contributed by atoms with van der Waals surface area (Å²) in [5.41, 5.74) is 3.19. The highest BCUT2D eigenvalue weighted by Crippen LogP contribution is 2.36. The molecule has 4 heteroatoms. The molecule has 0 aliphatic carbocycles. The Bertz CT molecular complexity index is 707. The van der Waals surface area contributed by atoms with Crippen LogP contribution in [0.2, 0.25) is 0 Å². The molecule has 4 nitrogen and oxygen atoms in total. The quantitative estimate of drug-likeness (QED) is 0.686. The van der Waals surface area contributed by atoms with Crippen molar-refractivity contribution in [3.05, 3.63) is 59.0 Å². The third-order valence-corrected chi connectivity index (χ3v) is 3.59. The van der Waals surface area contributed by atoms with Gasteiger partial charge in [-0.2, -0.15) is 0 Å². The van der Waals surface area contributed by atoms with Crippen LogP contribution in [-0.2, 0) is 15.9 Å². The van der Waals surface area contributed by atoms with E-state index in [9.17, 15) is 0 Å². The Morgan fingerprint density at radius 3 is 2.76 bits per heavy atom. The molecular weight excluding hydrogens is 266 g/mol. The lowest BCUT2D eigenvalue weighted by Gasteiger charge is -2.20. The molecule has 0 fully saturated rings. The van der Waals surface area contributed by atoms with Crippen LogP contribution in [0.5, 0.6) is 11.6 Å². The summed E-state index contributed by atoms with van der Waals surface area (Å²) < 4.78 is 16.6. The predicted octanol–water partition coefficient (Wildman–Crippen LogP) is 3.76. The molecule has 21 heavy (non-hydrogen) atoms. The second-order valence-electron chi connectivity index (χ2n) is 4.86. The summed E-state index contributed by atoms with van der Waals surface area (Å²) in [6, 6.07) is 9.95. The third kappa shape index (κ3) is 2.44. The van der Waals surface area contributed by atoms with Gasteiger partial charge in [0.2, 0.25) is 5.88 Å². The van der Waals surface area contributed by atoms with Crippen LogP contribution in [0.1, 0.15) is 23.6 Å². The number of benzene rings is 1. The van der Waals surface area contributed by atoms with Crippen LogP contribution in [-0.4, -0.2) is 19.2 Å². The number of hydrogen-bond donors (Lipinski definition) is 0. The molecule has 0 radical (unpaired) electrons. The molecule has 0 saturated carbocycles. The Kier molecular flexibility index (Phi) is 3.52. The third-order valence-electron chi connectivity index (χ3n) is 3.59. The van der Waals surface area contributed by atoms with Crippen LogP contribution < -0.4 is 4.74 Å². The molecule has 3 rings (SSSR count). The van der Waals surface area contributed by atoms with Crippen LogP contribution in [0.25, 0.3) is 5.76 Å². The lowest BCUT2D eigenvalue weighted by Crippen LogP contribution is -2.05. The van der Waals surface area contributed by atoms with Crippen molar-refractivity contribution in [3.63, 3.8) is 0 Å². The highest BCUT2D eigenvalue weighted by atomic mass is 16.5. The van der Waals surface area contributed by atoms with Crippen molar-refractivity contribution in [3.8, 4) is 11.6 Å². The maximum atomic E-state index is 5.83. The van der Waals surface area contributed by atoms with Crippen molar-refractivity contribution >= 4 is 5.76 Å². The smallest absolute Gasteiger partial charge is 0.222 e. The van der Waals surface area contributed by atoms with E-state index in [1.165, 1.54) is 0 Å². The average molecular weight is 283 g/mol. The van der Waals surface area contributed by atoms with Crippen molar-refractivity contribution < 1.29 is 14.2 Å². The Morgan fingerprint density at radius 1 is 1.14 bits per heavy atom. The lowest BCUT2D eigenvalue weighted by molar-refractivity contribution is 0.267. The second-order valence-corrected chi connectivity index (χ2v) is 4.86. The van der Waals surface area contributed by atoms with E-state index < -0.39 is 0 Å². The lowest BCUT2D eigenvalue weighted by atomic mass is 9.99. The van der Waals surface area contributed by atoms with Crippen molar-refractivity contribution in [2.24, 2.45) is 0 Å². The number of ether oxygens (including phenoxy) is 3. The van der Waals surface area contributed by atoms with Gasteiger partial charge in [-0.3, -0.25) is 0 Å². The number of methoxy groups -OCH3 is 2. The largest absolute Gasteiger partial charge is 0.498 e. The van der Waals surface area contributed by atoms with E-state index >= 15 is 0 Å². The molecule has 1 aliphatic heterocycles. The van der Waals surface area contributed by atoms with Gasteiger partial charge in [-0.15, -0.1) is 0 Å². The van der Waals surface area contributed by atoms with Gasteiger partial charge in [0.05, 0.1) is 14.2 Å². The van der Waals surface area contributed by atoms with Crippen LogP contribution >= 0.6 is 0 Å². The standard InChI is InChI=1S/C17H17NO3/c1-11(19-2)16(20-3)12-6-7-15-14(9-12)10-13-5-4-8-18-17(13)21-15/h4-9H,10H2,1-3H3/b16-11-. The van der Waals surface area contributed by atoms with Crippen LogP contribution in [0.15, 0.2) is 42.3 Å². The van der Waals surface area contributed by atoms with E-state index in [-0.39, 0.29) is 0 Å². The van der Waals surface area contributed by atoms with Crippen molar-refractivity contribution in [2.75, 3.05) is 14.2 Å². The molecular formula is C17H17NO3. The van der Waals surface area contributed by atoms with Gasteiger partial charge in [0.15, 0.2) is 5.76 Å². The number of pyridine rings is 1. The van der Waals surface area contributed by atoms with Gasteiger partial charge in [-0.1, -0.05) is 6.07 Å². The normalized spacial score (nSPS) is 13.5. The van der Waals surface area contributed by atoms with Gasteiger partial charge in [0, 0.05) is 29.3 Å². The minimum absolute atomic E-state index is 0.688. The Balaban J connectivity index is 2.01. The molecule has 1 aliphatic rings. The zero-order chi connectivity index (χ0) is 14.8. The van der Waals surface area contributed by atoms with E-state index in [1.54, 1.807) is 20.4 Å². The number of hydrogen-bond acceptors (Lipinski definition) is 4. The first-order valence-electron chi connectivity index (χ1n) is 6.77. The summed E-state index contributed by atoms with van der Waals surface area (Å²) in [6.45, 7) is 1.88. The number of fused-ring (bicyclic) bond motifs is 2. The van der Waals surface area contributed by atoms with Gasteiger partial charge in [0.1, 0.15) is 11.5 Å². The fraction of sp³-hybridized carbons (Fsp3) is 0.235. The summed E-state index contributed by atoms with van der Waals surface area (Å²) in [6.07, 6.45) is 2.54. The molecule has 0 saturated heterocycles. The molecule has 108 valence electrons. The monoisotopic (exact) mass is 283 g/mol. The van der Waals surface area contributed by atoms with Gasteiger partial charge >= 0.3 is 0 Å². The van der Waals surface area contributed by atoms with Crippen LogP contribution in [0, 0.1) is 0 Å². The highest BCUT2D eigenvalue weighted by molar-refractivity contribution is 5.64. The van der Waals surface area contributed by atoms with E-state index in [4.69, 9.17) is 14.2 Å². The molecule has 1 aromatic carbocycles. The number of allylic oxidation sites excluding steroid dienone is 1. The van der Waals surface area contributed by atoms with Crippen molar-refractivity contribution in [1.82, 2.24) is 4.98 Å². The molecule has 2 aromatic rings. The van der Waals surface area contributed by atoms with Gasteiger partial charge in [-0.25, -0.2) is 4.98 Å². The van der Waals surface area contributed by atoms with E-state index in [0.717, 1.165) is 40.4 Å². The molecule has 0 atom stereocenters. The number of nitrogens with zero attached hydrogens (tertiary/aromatic N) is 1. The Morgan fingerprint density at radius 2 is 2.00 bits per heavy atom. The molecule has 0 N–H and O–H groups in total.